The number of aromatic amines is 1. The number of aliphatic carboxylic acids is 1. The van der Waals surface area contributed by atoms with Gasteiger partial charge in [-0.2, -0.15) is 0 Å². The summed E-state index contributed by atoms with van der Waals surface area (Å²) in [6.07, 6.45) is 3.77. The summed E-state index contributed by atoms with van der Waals surface area (Å²) in [5.74, 6) is -0.600. The van der Waals surface area contributed by atoms with E-state index < -0.39 is 11.8 Å². The largest absolute Gasteiger partial charge is 0.496 e. The third kappa shape index (κ3) is 2.98. The van der Waals surface area contributed by atoms with Crippen LogP contribution < -0.4 is 4.74 Å². The average molecular weight is 262 g/mol. The molecule has 98 valence electrons. The second-order valence-corrected chi connectivity index (χ2v) is 3.70. The predicted octanol–water partition coefficient (Wildman–Crippen LogP) is 2.32. The quantitative estimate of drug-likeness (QED) is 0.829. The van der Waals surface area contributed by atoms with E-state index in [1.807, 2.05) is 0 Å². The molecule has 5 nitrogen and oxygen atoms in total. The maximum Gasteiger partial charge on any atom is 0.328 e. The number of carboxylic acids is 1. The highest BCUT2D eigenvalue weighted by molar-refractivity contribution is 5.84. The number of benzene rings is 1. The summed E-state index contributed by atoms with van der Waals surface area (Å²) >= 11 is 0. The molecule has 0 aliphatic carbocycles. The third-order valence-electron chi connectivity index (χ3n) is 2.43. The van der Waals surface area contributed by atoms with Gasteiger partial charge >= 0.3 is 5.97 Å². The smallest absolute Gasteiger partial charge is 0.328 e. The Morgan fingerprint density at radius 2 is 2.32 bits per heavy atom. The van der Waals surface area contributed by atoms with Crippen LogP contribution in [0.3, 0.4) is 0 Å². The molecule has 1 aromatic carbocycles. The van der Waals surface area contributed by atoms with Crippen molar-refractivity contribution in [2.75, 3.05) is 7.11 Å². The lowest BCUT2D eigenvalue weighted by Gasteiger charge is -2.06. The average Bonchev–Trinajstić information content (AvgIpc) is 2.85. The molecule has 0 atom stereocenters. The van der Waals surface area contributed by atoms with Crippen LogP contribution in [0.25, 0.3) is 17.3 Å². The highest BCUT2D eigenvalue weighted by Crippen LogP contribution is 2.29. The first-order chi connectivity index (χ1) is 9.10. The Balaban J connectivity index is 2.37. The minimum atomic E-state index is -1.07. The van der Waals surface area contributed by atoms with Crippen LogP contribution in [0, 0.1) is 5.82 Å². The molecular weight excluding hydrogens is 251 g/mol. The second kappa shape index (κ2) is 5.34. The summed E-state index contributed by atoms with van der Waals surface area (Å²) in [5.41, 5.74) is 1.06. The van der Waals surface area contributed by atoms with Gasteiger partial charge in [-0.25, -0.2) is 14.2 Å². The SMILES string of the molecule is COc1ccc(F)cc1-c1cnc(/C=C/C(=O)O)[nH]1. The third-order valence-corrected chi connectivity index (χ3v) is 2.43. The molecule has 0 radical (unpaired) electrons. The van der Waals surface area contributed by atoms with E-state index in [-0.39, 0.29) is 0 Å². The Hall–Kier alpha value is -2.63. The van der Waals surface area contributed by atoms with E-state index in [9.17, 15) is 9.18 Å². The first-order valence-electron chi connectivity index (χ1n) is 5.40. The zero-order chi connectivity index (χ0) is 13.8. The minimum Gasteiger partial charge on any atom is -0.496 e. The van der Waals surface area contributed by atoms with Gasteiger partial charge in [0.05, 0.1) is 19.0 Å². The molecule has 0 aliphatic heterocycles. The fourth-order valence-electron chi connectivity index (χ4n) is 1.60. The van der Waals surface area contributed by atoms with Crippen LogP contribution in [0.15, 0.2) is 30.5 Å². The van der Waals surface area contributed by atoms with Gasteiger partial charge in [0.25, 0.3) is 0 Å². The molecule has 0 saturated heterocycles. The fourth-order valence-corrected chi connectivity index (χ4v) is 1.60. The number of hydrogen-bond donors (Lipinski definition) is 2. The van der Waals surface area contributed by atoms with E-state index in [0.717, 1.165) is 6.08 Å². The maximum absolute atomic E-state index is 13.2. The number of ether oxygens (including phenoxy) is 1. The van der Waals surface area contributed by atoms with E-state index in [1.165, 1.54) is 37.6 Å². The number of aromatic nitrogens is 2. The van der Waals surface area contributed by atoms with Crippen LogP contribution in [0.5, 0.6) is 5.75 Å². The Morgan fingerprint density at radius 3 is 3.00 bits per heavy atom. The molecule has 1 aromatic heterocycles. The van der Waals surface area contributed by atoms with Crippen LogP contribution in [0.4, 0.5) is 4.39 Å². The van der Waals surface area contributed by atoms with Crippen LogP contribution in [-0.4, -0.2) is 28.2 Å². The predicted molar refractivity (Wildman–Crippen MR) is 67.2 cm³/mol. The first kappa shape index (κ1) is 12.8. The monoisotopic (exact) mass is 262 g/mol. The van der Waals surface area contributed by atoms with Crippen molar-refractivity contribution in [3.63, 3.8) is 0 Å². The van der Waals surface area contributed by atoms with Crippen LogP contribution in [0.2, 0.25) is 0 Å². The number of nitrogens with one attached hydrogen (secondary N) is 1. The highest BCUT2D eigenvalue weighted by atomic mass is 19.1. The molecule has 0 fully saturated rings. The number of rotatable bonds is 4. The second-order valence-electron chi connectivity index (χ2n) is 3.70. The Kier molecular flexibility index (Phi) is 3.61. The Labute approximate surface area is 108 Å². The number of carboxylic acid groups (broad SMARTS) is 1. The van der Waals surface area contributed by atoms with Gasteiger partial charge in [-0.1, -0.05) is 0 Å². The number of carbonyl (C=O) groups is 1. The summed E-state index contributed by atoms with van der Waals surface area (Å²) in [7, 11) is 1.48. The molecule has 6 heteroatoms. The molecule has 0 bridgehead atoms. The highest BCUT2D eigenvalue weighted by Gasteiger charge is 2.09. The number of imidazole rings is 1. The maximum atomic E-state index is 13.2. The number of methoxy groups -OCH3 is 1. The summed E-state index contributed by atoms with van der Waals surface area (Å²) in [6, 6.07) is 4.12. The van der Waals surface area contributed by atoms with Crippen LogP contribution in [-0.2, 0) is 4.79 Å². The van der Waals surface area contributed by atoms with Crippen molar-refractivity contribution in [2.45, 2.75) is 0 Å². The lowest BCUT2D eigenvalue weighted by Crippen LogP contribution is -1.89. The van der Waals surface area contributed by atoms with E-state index in [1.54, 1.807) is 0 Å². The molecule has 0 saturated carbocycles. The molecule has 2 N–H and O–H groups in total. The van der Waals surface area contributed by atoms with Crippen molar-refractivity contribution in [3.05, 3.63) is 42.1 Å². The molecule has 2 aromatic rings. The lowest BCUT2D eigenvalue weighted by molar-refractivity contribution is -0.131. The van der Waals surface area contributed by atoms with Crippen molar-refractivity contribution in [2.24, 2.45) is 0 Å². The van der Waals surface area contributed by atoms with Crippen LogP contribution in [0.1, 0.15) is 5.82 Å². The topological polar surface area (TPSA) is 75.2 Å². The number of hydrogen-bond acceptors (Lipinski definition) is 3. The van der Waals surface area contributed by atoms with E-state index >= 15 is 0 Å². The Morgan fingerprint density at radius 1 is 1.53 bits per heavy atom. The summed E-state index contributed by atoms with van der Waals surface area (Å²) in [4.78, 5) is 17.3. The molecule has 0 unspecified atom stereocenters. The van der Waals surface area contributed by atoms with Crippen molar-refractivity contribution in [1.82, 2.24) is 9.97 Å². The van der Waals surface area contributed by atoms with Gasteiger partial charge in [0, 0.05) is 11.6 Å². The van der Waals surface area contributed by atoms with E-state index in [4.69, 9.17) is 9.84 Å². The molecule has 0 aliphatic rings. The summed E-state index contributed by atoms with van der Waals surface area (Å²) in [5, 5.41) is 8.52. The molecule has 0 amide bonds. The van der Waals surface area contributed by atoms with Gasteiger partial charge < -0.3 is 14.8 Å². The van der Waals surface area contributed by atoms with Crippen molar-refractivity contribution >= 4 is 12.0 Å². The molecule has 2 rings (SSSR count). The van der Waals surface area contributed by atoms with Crippen molar-refractivity contribution < 1.29 is 19.0 Å². The van der Waals surface area contributed by atoms with Crippen molar-refractivity contribution in [3.8, 4) is 17.0 Å². The molecule has 0 spiro atoms. The lowest BCUT2D eigenvalue weighted by atomic mass is 10.1. The van der Waals surface area contributed by atoms with Crippen LogP contribution >= 0.6 is 0 Å². The normalized spacial score (nSPS) is 10.8. The minimum absolute atomic E-state index is 0.365. The van der Waals surface area contributed by atoms with E-state index in [2.05, 4.69) is 9.97 Å². The zero-order valence-corrected chi connectivity index (χ0v) is 10.1. The van der Waals surface area contributed by atoms with Gasteiger partial charge in [-0.05, 0) is 24.3 Å². The Bertz CT molecular complexity index is 635. The van der Waals surface area contributed by atoms with Gasteiger partial charge in [0.15, 0.2) is 0 Å². The number of halogens is 1. The zero-order valence-electron chi connectivity index (χ0n) is 10.1. The fraction of sp³-hybridized carbons (Fsp3) is 0.0769. The molecular formula is C13H11FN2O3. The van der Waals surface area contributed by atoms with Gasteiger partial charge in [-0.15, -0.1) is 0 Å². The van der Waals surface area contributed by atoms with Gasteiger partial charge in [0.1, 0.15) is 17.4 Å². The first-order valence-corrected chi connectivity index (χ1v) is 5.40. The van der Waals surface area contributed by atoms with Gasteiger partial charge in [0.2, 0.25) is 0 Å². The van der Waals surface area contributed by atoms with E-state index in [0.29, 0.717) is 22.8 Å². The summed E-state index contributed by atoms with van der Waals surface area (Å²) in [6.45, 7) is 0. The van der Waals surface area contributed by atoms with Crippen molar-refractivity contribution in [1.29, 1.82) is 0 Å². The number of H-pyrrole nitrogens is 1. The molecule has 1 heterocycles. The number of nitrogens with zero attached hydrogens (tertiary/aromatic N) is 1. The standard InChI is InChI=1S/C13H11FN2O3/c1-19-11-3-2-8(14)6-9(11)10-7-15-12(16-10)4-5-13(17)18/h2-7H,1H3,(H,15,16)(H,17,18)/b5-4+. The van der Waals surface area contributed by atoms with Gasteiger partial charge in [-0.3, -0.25) is 0 Å². The summed E-state index contributed by atoms with van der Waals surface area (Å²) < 4.78 is 18.4. The molecule has 19 heavy (non-hydrogen) atoms.